The smallest absolute Gasteiger partial charge is 0.217 e. The third-order valence-electron chi connectivity index (χ3n) is 5.69. The van der Waals surface area contributed by atoms with E-state index in [4.69, 9.17) is 9.73 Å². The number of hydrogen-bond donors (Lipinski definition) is 0. The molecule has 0 bridgehead atoms. The summed E-state index contributed by atoms with van der Waals surface area (Å²) in [5, 5.41) is 0. The molecule has 1 aliphatic rings. The van der Waals surface area contributed by atoms with E-state index < -0.39 is 11.1 Å². The van der Waals surface area contributed by atoms with Crippen LogP contribution < -0.4 is 0 Å². The van der Waals surface area contributed by atoms with Gasteiger partial charge in [0.15, 0.2) is 5.60 Å². The van der Waals surface area contributed by atoms with Crippen molar-refractivity contribution in [2.45, 2.75) is 38.3 Å². The minimum absolute atomic E-state index is 0.407. The predicted octanol–water partition coefficient (Wildman–Crippen LogP) is 5.69. The number of hydrogen-bond acceptors (Lipinski definition) is 2. The van der Waals surface area contributed by atoms with E-state index in [1.54, 1.807) is 0 Å². The molecule has 0 aromatic heterocycles. The van der Waals surface area contributed by atoms with Crippen LogP contribution in [0.2, 0.25) is 0 Å². The highest BCUT2D eigenvalue weighted by atomic mass is 16.5. The molecule has 4 rings (SSSR count). The molecule has 0 N–H and O–H groups in total. The predicted molar refractivity (Wildman–Crippen MR) is 111 cm³/mol. The molecule has 1 aliphatic heterocycles. The Morgan fingerprint density at radius 1 is 0.778 bits per heavy atom. The number of aryl methyl sites for hydroxylation is 1. The normalized spacial score (nSPS) is 24.3. The van der Waals surface area contributed by atoms with Crippen molar-refractivity contribution < 1.29 is 4.74 Å². The molecule has 0 spiro atoms. The second kappa shape index (κ2) is 6.70. The van der Waals surface area contributed by atoms with Crippen LogP contribution in [0.5, 0.6) is 0 Å². The Bertz CT molecular complexity index is 947. The second-order valence-electron chi connectivity index (χ2n) is 7.72. The van der Waals surface area contributed by atoms with E-state index in [9.17, 15) is 0 Å². The van der Waals surface area contributed by atoms with Crippen molar-refractivity contribution in [3.05, 3.63) is 107 Å². The molecule has 3 aromatic rings. The molecular formula is C25H25NO. The highest BCUT2D eigenvalue weighted by Crippen LogP contribution is 2.46. The maximum Gasteiger partial charge on any atom is 0.217 e. The van der Waals surface area contributed by atoms with Crippen LogP contribution in [0, 0.1) is 6.92 Å². The summed E-state index contributed by atoms with van der Waals surface area (Å²) in [6.45, 7) is 6.46. The summed E-state index contributed by atoms with van der Waals surface area (Å²) in [5.74, 6) is 0.722. The average Bonchev–Trinajstić information content (AvgIpc) is 2.95. The van der Waals surface area contributed by atoms with Gasteiger partial charge >= 0.3 is 0 Å². The molecule has 0 saturated carbocycles. The number of rotatable bonds is 4. The first-order valence-electron chi connectivity index (χ1n) is 9.46. The molecule has 0 amide bonds. The molecule has 136 valence electrons. The molecule has 0 aliphatic carbocycles. The zero-order valence-electron chi connectivity index (χ0n) is 16.1. The lowest BCUT2D eigenvalue weighted by Gasteiger charge is -2.38. The van der Waals surface area contributed by atoms with Crippen molar-refractivity contribution in [1.29, 1.82) is 0 Å². The Labute approximate surface area is 161 Å². The molecule has 0 fully saturated rings. The van der Waals surface area contributed by atoms with Gasteiger partial charge in [0.1, 0.15) is 5.54 Å². The van der Waals surface area contributed by atoms with Crippen molar-refractivity contribution in [3.63, 3.8) is 0 Å². The largest absolute Gasteiger partial charge is 0.464 e. The number of nitrogens with zero attached hydrogens (tertiary/aromatic N) is 1. The Hall–Kier alpha value is -2.87. The van der Waals surface area contributed by atoms with Gasteiger partial charge in [0.05, 0.1) is 0 Å². The van der Waals surface area contributed by atoms with Crippen molar-refractivity contribution in [2.75, 3.05) is 0 Å². The molecule has 2 atom stereocenters. The lowest BCUT2D eigenvalue weighted by Crippen LogP contribution is -2.45. The van der Waals surface area contributed by atoms with E-state index >= 15 is 0 Å². The van der Waals surface area contributed by atoms with Crippen LogP contribution in [0.1, 0.15) is 36.1 Å². The number of ether oxygens (including phenoxy) is 1. The summed E-state index contributed by atoms with van der Waals surface area (Å²) in [7, 11) is 0. The second-order valence-corrected chi connectivity index (χ2v) is 7.72. The van der Waals surface area contributed by atoms with E-state index in [2.05, 4.69) is 93.6 Å². The summed E-state index contributed by atoms with van der Waals surface area (Å²) < 4.78 is 6.60. The van der Waals surface area contributed by atoms with Gasteiger partial charge in [-0.05, 0) is 44.0 Å². The third kappa shape index (κ3) is 3.16. The van der Waals surface area contributed by atoms with E-state index in [0.29, 0.717) is 0 Å². The Kier molecular flexibility index (Phi) is 4.35. The first kappa shape index (κ1) is 17.5. The molecule has 2 heteroatoms. The van der Waals surface area contributed by atoms with Gasteiger partial charge in [0.2, 0.25) is 5.90 Å². The minimum Gasteiger partial charge on any atom is -0.464 e. The molecule has 1 heterocycles. The fourth-order valence-electron chi connectivity index (χ4n) is 3.80. The molecule has 0 radical (unpaired) electrons. The molecule has 0 saturated heterocycles. The van der Waals surface area contributed by atoms with Crippen molar-refractivity contribution in [2.24, 2.45) is 4.99 Å². The summed E-state index contributed by atoms with van der Waals surface area (Å²) in [5.41, 5.74) is 3.73. The van der Waals surface area contributed by atoms with Gasteiger partial charge < -0.3 is 4.74 Å². The van der Waals surface area contributed by atoms with Gasteiger partial charge in [-0.2, -0.15) is 0 Å². The molecular weight excluding hydrogens is 330 g/mol. The molecule has 0 unspecified atom stereocenters. The lowest BCUT2D eigenvalue weighted by atomic mass is 9.74. The zero-order valence-corrected chi connectivity index (χ0v) is 16.1. The zero-order chi connectivity index (χ0) is 18.9. The Morgan fingerprint density at radius 3 is 2.00 bits per heavy atom. The SMILES string of the molecule is Cc1ccc(C2=N[C@@](C)(Cc3ccccc3)[C@](C)(c3ccccc3)O2)cc1. The van der Waals surface area contributed by atoms with Gasteiger partial charge in [-0.3, -0.25) is 0 Å². The van der Waals surface area contributed by atoms with Crippen molar-refractivity contribution in [3.8, 4) is 0 Å². The van der Waals surface area contributed by atoms with Crippen LogP contribution in [0.3, 0.4) is 0 Å². The fraction of sp³-hybridized carbons (Fsp3) is 0.240. The maximum atomic E-state index is 6.60. The minimum atomic E-state index is -0.537. The van der Waals surface area contributed by atoms with E-state index in [-0.39, 0.29) is 0 Å². The summed E-state index contributed by atoms with van der Waals surface area (Å²) in [4.78, 5) is 5.14. The standard InChI is InChI=1S/C25H25NO/c1-19-14-16-21(17-15-19)23-26-24(2,18-20-10-6-4-7-11-20)25(3,27-23)22-12-8-5-9-13-22/h4-17H,18H2,1-3H3/t24-,25-/m0/s1. The summed E-state index contributed by atoms with van der Waals surface area (Å²) in [6.07, 6.45) is 0.814. The van der Waals surface area contributed by atoms with Crippen LogP contribution in [0.4, 0.5) is 0 Å². The van der Waals surface area contributed by atoms with E-state index in [0.717, 1.165) is 23.4 Å². The van der Waals surface area contributed by atoms with Crippen molar-refractivity contribution >= 4 is 5.90 Å². The van der Waals surface area contributed by atoms with E-state index in [1.165, 1.54) is 11.1 Å². The van der Waals surface area contributed by atoms with Gasteiger partial charge in [0, 0.05) is 12.0 Å². The maximum absolute atomic E-state index is 6.60. The number of aliphatic imine (C=N–C) groups is 1. The van der Waals surface area contributed by atoms with Crippen LogP contribution in [-0.2, 0) is 16.8 Å². The monoisotopic (exact) mass is 355 g/mol. The Balaban J connectivity index is 1.79. The lowest BCUT2D eigenvalue weighted by molar-refractivity contribution is 0.0303. The van der Waals surface area contributed by atoms with Gasteiger partial charge in [0.25, 0.3) is 0 Å². The average molecular weight is 355 g/mol. The number of benzene rings is 3. The quantitative estimate of drug-likeness (QED) is 0.589. The molecule has 3 aromatic carbocycles. The molecule has 27 heavy (non-hydrogen) atoms. The van der Waals surface area contributed by atoms with E-state index in [1.807, 2.05) is 12.1 Å². The van der Waals surface area contributed by atoms with Gasteiger partial charge in [-0.15, -0.1) is 0 Å². The third-order valence-corrected chi connectivity index (χ3v) is 5.69. The van der Waals surface area contributed by atoms with Gasteiger partial charge in [-0.25, -0.2) is 4.99 Å². The molecule has 2 nitrogen and oxygen atoms in total. The fourth-order valence-corrected chi connectivity index (χ4v) is 3.80. The highest BCUT2D eigenvalue weighted by molar-refractivity contribution is 5.96. The summed E-state index contributed by atoms with van der Waals surface area (Å²) >= 11 is 0. The topological polar surface area (TPSA) is 21.6 Å². The Morgan fingerprint density at radius 2 is 1.37 bits per heavy atom. The van der Waals surface area contributed by atoms with Crippen LogP contribution in [-0.4, -0.2) is 11.4 Å². The summed E-state index contributed by atoms with van der Waals surface area (Å²) in [6, 6.07) is 29.4. The van der Waals surface area contributed by atoms with Gasteiger partial charge in [-0.1, -0.05) is 78.4 Å². The highest BCUT2D eigenvalue weighted by Gasteiger charge is 2.53. The van der Waals surface area contributed by atoms with Crippen LogP contribution in [0.15, 0.2) is 89.9 Å². The first-order valence-corrected chi connectivity index (χ1v) is 9.46. The first-order chi connectivity index (χ1) is 13.0. The van der Waals surface area contributed by atoms with Crippen LogP contribution >= 0.6 is 0 Å². The van der Waals surface area contributed by atoms with Crippen molar-refractivity contribution in [1.82, 2.24) is 0 Å². The van der Waals surface area contributed by atoms with Crippen LogP contribution in [0.25, 0.3) is 0 Å².